The van der Waals surface area contributed by atoms with E-state index < -0.39 is 12.1 Å². The monoisotopic (exact) mass is 514 g/mol. The molecule has 2 heterocycles. The molecule has 38 heavy (non-hydrogen) atoms. The van der Waals surface area contributed by atoms with Crippen LogP contribution in [0.2, 0.25) is 0 Å². The van der Waals surface area contributed by atoms with E-state index in [1.54, 1.807) is 21.7 Å². The van der Waals surface area contributed by atoms with Crippen molar-refractivity contribution in [2.45, 2.75) is 43.8 Å². The van der Waals surface area contributed by atoms with Crippen molar-refractivity contribution in [2.75, 3.05) is 6.54 Å². The number of amides is 2. The minimum Gasteiger partial charge on any atom is -0.350 e. The van der Waals surface area contributed by atoms with Gasteiger partial charge in [-0.15, -0.1) is 5.10 Å². The number of aryl methyl sites for hydroxylation is 2. The van der Waals surface area contributed by atoms with Crippen molar-refractivity contribution in [3.8, 4) is 0 Å². The van der Waals surface area contributed by atoms with Crippen LogP contribution in [-0.2, 0) is 29.6 Å². The average molecular weight is 515 g/mol. The molecule has 0 radical (unpaired) electrons. The van der Waals surface area contributed by atoms with Crippen LogP contribution in [0.4, 0.5) is 4.39 Å². The van der Waals surface area contributed by atoms with Gasteiger partial charge in [0.25, 0.3) is 0 Å². The molecular weight excluding hydrogens is 483 g/mol. The van der Waals surface area contributed by atoms with E-state index in [1.165, 1.54) is 12.1 Å². The molecule has 196 valence electrons. The molecule has 0 spiro atoms. The van der Waals surface area contributed by atoms with E-state index in [1.807, 2.05) is 55.6 Å². The lowest BCUT2D eigenvalue weighted by Gasteiger charge is -2.27. The molecule has 9 heteroatoms. The Bertz CT molecular complexity index is 1420. The Hall–Kier alpha value is -4.11. The molecule has 1 aliphatic heterocycles. The second kappa shape index (κ2) is 11.1. The Kier molecular flexibility index (Phi) is 7.46. The highest BCUT2D eigenvalue weighted by Crippen LogP contribution is 2.33. The third-order valence-corrected chi connectivity index (χ3v) is 7.27. The van der Waals surface area contributed by atoms with Gasteiger partial charge in [-0.05, 0) is 60.2 Å². The summed E-state index contributed by atoms with van der Waals surface area (Å²) in [6.07, 6.45) is 1.59. The normalized spacial score (nSPS) is 18.0. The molecule has 1 aliphatic rings. The lowest BCUT2D eigenvalue weighted by molar-refractivity contribution is -0.139. The number of nitrogens with one attached hydrogen (secondary N) is 1. The summed E-state index contributed by atoms with van der Waals surface area (Å²) < 4.78 is 15.2. The first-order valence-electron chi connectivity index (χ1n) is 12.8. The van der Waals surface area contributed by atoms with Crippen molar-refractivity contribution < 1.29 is 14.0 Å². The predicted octanol–water partition coefficient (Wildman–Crippen LogP) is 3.07. The number of nitrogens with two attached hydrogens (primary N) is 1. The summed E-state index contributed by atoms with van der Waals surface area (Å²) in [5.74, 6) is -0.895. The smallest absolute Gasteiger partial charge is 0.243 e. The zero-order valence-corrected chi connectivity index (χ0v) is 21.3. The third-order valence-electron chi connectivity index (χ3n) is 7.27. The van der Waals surface area contributed by atoms with E-state index in [2.05, 4.69) is 15.6 Å². The number of likely N-dealkylation sites (tertiary alicyclic amines) is 1. The molecule has 3 aromatic carbocycles. The van der Waals surface area contributed by atoms with E-state index in [9.17, 15) is 14.0 Å². The number of aromatic nitrogens is 3. The summed E-state index contributed by atoms with van der Waals surface area (Å²) in [6.45, 7) is 0.651. The molecule has 1 fully saturated rings. The molecule has 8 nitrogen and oxygen atoms in total. The molecule has 0 aliphatic carbocycles. The number of halogens is 1. The highest BCUT2D eigenvalue weighted by atomic mass is 19.1. The molecule has 0 bridgehead atoms. The number of rotatable bonds is 8. The van der Waals surface area contributed by atoms with Crippen molar-refractivity contribution in [2.24, 2.45) is 12.8 Å². The van der Waals surface area contributed by atoms with E-state index in [0.717, 1.165) is 27.7 Å². The van der Waals surface area contributed by atoms with Crippen molar-refractivity contribution in [1.29, 1.82) is 0 Å². The second-order valence-corrected chi connectivity index (χ2v) is 9.88. The number of fused-ring (bicyclic) bond motifs is 1. The minimum absolute atomic E-state index is 0.0902. The zero-order chi connectivity index (χ0) is 26.6. The molecule has 3 atom stereocenters. The van der Waals surface area contributed by atoms with E-state index in [0.29, 0.717) is 32.4 Å². The first kappa shape index (κ1) is 25.5. The number of nitrogens with zero attached hydrogens (tertiary/aromatic N) is 4. The lowest BCUT2D eigenvalue weighted by Crippen LogP contribution is -2.51. The van der Waals surface area contributed by atoms with Crippen LogP contribution in [0, 0.1) is 5.82 Å². The van der Waals surface area contributed by atoms with Gasteiger partial charge in [0.15, 0.2) is 0 Å². The van der Waals surface area contributed by atoms with Gasteiger partial charge < -0.3 is 16.0 Å². The summed E-state index contributed by atoms with van der Waals surface area (Å²) in [4.78, 5) is 28.5. The standard InChI is InChI=1S/C29H31FN6O2/c1-35-26-14-8-20(15-25(26)33-34-35)17-32-28(37)27-16-22(21-9-11-23(30)12-10-21)18-36(27)29(38)24(31)13-7-19-5-3-2-4-6-19/h2-6,8-12,14-15,22,24,27H,7,13,16-18,31H2,1H3,(H,32,37)/t22-,24+,27-/m0/s1. The van der Waals surface area contributed by atoms with Gasteiger partial charge in [-0.3, -0.25) is 9.59 Å². The largest absolute Gasteiger partial charge is 0.350 e. The molecular formula is C29H31FN6O2. The number of hydrogen-bond acceptors (Lipinski definition) is 5. The first-order valence-corrected chi connectivity index (χ1v) is 12.8. The van der Waals surface area contributed by atoms with Crippen LogP contribution in [0.5, 0.6) is 0 Å². The van der Waals surface area contributed by atoms with Gasteiger partial charge in [-0.25, -0.2) is 9.07 Å². The van der Waals surface area contributed by atoms with Crippen LogP contribution in [0.15, 0.2) is 72.8 Å². The zero-order valence-electron chi connectivity index (χ0n) is 21.3. The molecule has 0 saturated carbocycles. The van der Waals surface area contributed by atoms with Crippen LogP contribution in [0.3, 0.4) is 0 Å². The quantitative estimate of drug-likeness (QED) is 0.376. The van der Waals surface area contributed by atoms with E-state index in [4.69, 9.17) is 5.73 Å². The Morgan fingerprint density at radius 3 is 2.61 bits per heavy atom. The topological polar surface area (TPSA) is 106 Å². The number of carbonyl (C=O) groups excluding carboxylic acids is 2. The van der Waals surface area contributed by atoms with Crippen LogP contribution < -0.4 is 11.1 Å². The van der Waals surface area contributed by atoms with Crippen molar-refractivity contribution in [3.05, 3.63) is 95.3 Å². The maximum absolute atomic E-state index is 13.5. The molecule has 2 amide bonds. The summed E-state index contributed by atoms with van der Waals surface area (Å²) in [7, 11) is 1.82. The maximum Gasteiger partial charge on any atom is 0.243 e. The van der Waals surface area contributed by atoms with Crippen LogP contribution in [0.25, 0.3) is 11.0 Å². The van der Waals surface area contributed by atoms with Crippen molar-refractivity contribution in [1.82, 2.24) is 25.2 Å². The Balaban J connectivity index is 1.29. The highest BCUT2D eigenvalue weighted by molar-refractivity contribution is 5.90. The number of carbonyl (C=O) groups is 2. The summed E-state index contributed by atoms with van der Waals surface area (Å²) in [6, 6.07) is 20.5. The second-order valence-electron chi connectivity index (χ2n) is 9.88. The summed E-state index contributed by atoms with van der Waals surface area (Å²) in [5, 5.41) is 11.1. The van der Waals surface area contributed by atoms with Gasteiger partial charge in [0, 0.05) is 26.1 Å². The summed E-state index contributed by atoms with van der Waals surface area (Å²) >= 11 is 0. The highest BCUT2D eigenvalue weighted by Gasteiger charge is 2.41. The molecule has 1 aromatic heterocycles. The number of benzene rings is 3. The average Bonchev–Trinajstić information content (AvgIpc) is 3.55. The van der Waals surface area contributed by atoms with Crippen molar-refractivity contribution >= 4 is 22.8 Å². The van der Waals surface area contributed by atoms with E-state index >= 15 is 0 Å². The predicted molar refractivity (Wildman–Crippen MR) is 142 cm³/mol. The molecule has 3 N–H and O–H groups in total. The molecule has 4 aromatic rings. The first-order chi connectivity index (χ1) is 18.4. The van der Waals surface area contributed by atoms with Gasteiger partial charge in [0.1, 0.15) is 17.4 Å². The van der Waals surface area contributed by atoms with Gasteiger partial charge in [0.2, 0.25) is 11.8 Å². The maximum atomic E-state index is 13.5. The van der Waals surface area contributed by atoms with Crippen LogP contribution in [-0.4, -0.2) is 50.3 Å². The van der Waals surface area contributed by atoms with Crippen LogP contribution in [0.1, 0.15) is 35.4 Å². The fraction of sp³-hybridized carbons (Fsp3) is 0.310. The summed E-state index contributed by atoms with van der Waals surface area (Å²) in [5.41, 5.74) is 10.9. The van der Waals surface area contributed by atoms with Gasteiger partial charge in [-0.1, -0.05) is 53.7 Å². The van der Waals surface area contributed by atoms with Gasteiger partial charge >= 0.3 is 0 Å². The fourth-order valence-corrected chi connectivity index (χ4v) is 5.11. The molecule has 1 saturated heterocycles. The van der Waals surface area contributed by atoms with Gasteiger partial charge in [-0.2, -0.15) is 0 Å². The fourth-order valence-electron chi connectivity index (χ4n) is 5.11. The SMILES string of the molecule is Cn1nnc2cc(CNC(=O)[C@@H]3C[C@H](c4ccc(F)cc4)CN3C(=O)[C@H](N)CCc3ccccc3)ccc21. The van der Waals surface area contributed by atoms with Gasteiger partial charge in [0.05, 0.1) is 11.6 Å². The lowest BCUT2D eigenvalue weighted by atomic mass is 9.96. The number of hydrogen-bond donors (Lipinski definition) is 2. The molecule has 5 rings (SSSR count). The molecule has 0 unspecified atom stereocenters. The van der Waals surface area contributed by atoms with Crippen molar-refractivity contribution in [3.63, 3.8) is 0 Å². The Labute approximate surface area is 220 Å². The van der Waals surface area contributed by atoms with E-state index in [-0.39, 0.29) is 23.5 Å². The van der Waals surface area contributed by atoms with Crippen LogP contribution >= 0.6 is 0 Å². The third kappa shape index (κ3) is 5.57. The minimum atomic E-state index is -0.725. The Morgan fingerprint density at radius 2 is 1.84 bits per heavy atom. The Morgan fingerprint density at radius 1 is 1.08 bits per heavy atom.